The topological polar surface area (TPSA) is 58.0 Å². The molecule has 1 aromatic heterocycles. The molecule has 1 atom stereocenters. The maximum atomic E-state index is 13.5. The molecule has 36 heavy (non-hydrogen) atoms. The summed E-state index contributed by atoms with van der Waals surface area (Å²) in [5, 5.41) is 12.0. The van der Waals surface area contributed by atoms with Crippen molar-refractivity contribution < 1.29 is 27.1 Å². The van der Waals surface area contributed by atoms with Crippen molar-refractivity contribution >= 4 is 6.08 Å². The molecule has 2 N–H and O–H groups in total. The van der Waals surface area contributed by atoms with Crippen molar-refractivity contribution in [2.75, 3.05) is 13.2 Å². The van der Waals surface area contributed by atoms with Crippen LogP contribution < -0.4 is 5.32 Å². The van der Waals surface area contributed by atoms with Crippen molar-refractivity contribution in [2.45, 2.75) is 117 Å². The van der Waals surface area contributed by atoms with E-state index in [0.717, 1.165) is 32.5 Å². The Morgan fingerprint density at radius 3 is 2.03 bits per heavy atom. The summed E-state index contributed by atoms with van der Waals surface area (Å²) in [6.07, 6.45) is 9.00. The molecule has 1 unspecified atom stereocenters. The van der Waals surface area contributed by atoms with E-state index in [9.17, 15) is 22.0 Å². The van der Waals surface area contributed by atoms with Crippen LogP contribution in [0.5, 0.6) is 0 Å². The van der Waals surface area contributed by atoms with Crippen LogP contribution in [0.2, 0.25) is 0 Å². The third kappa shape index (κ3) is 13.6. The summed E-state index contributed by atoms with van der Waals surface area (Å²) in [4.78, 5) is 8.26. The number of hydrogen-bond acceptors (Lipinski definition) is 4. The fourth-order valence-corrected chi connectivity index (χ4v) is 3.46. The molecule has 2 aliphatic rings. The monoisotopic (exact) mass is 523 g/mol. The van der Waals surface area contributed by atoms with Crippen molar-refractivity contribution in [3.8, 4) is 0 Å². The van der Waals surface area contributed by atoms with Gasteiger partial charge in [0.05, 0.1) is 23.4 Å². The highest BCUT2D eigenvalue weighted by molar-refractivity contribution is 5.53. The normalized spacial score (nSPS) is 19.3. The Balaban J connectivity index is 0.000000539. The van der Waals surface area contributed by atoms with Gasteiger partial charge < -0.3 is 10.4 Å². The van der Waals surface area contributed by atoms with Crippen LogP contribution in [0, 0.1) is 12.3 Å². The van der Waals surface area contributed by atoms with Gasteiger partial charge in [-0.15, -0.1) is 0 Å². The van der Waals surface area contributed by atoms with Gasteiger partial charge in [-0.1, -0.05) is 52.0 Å². The number of nitrogens with one attached hydrogen (secondary N) is 1. The first-order chi connectivity index (χ1) is 16.8. The lowest BCUT2D eigenvalue weighted by atomic mass is 9.90. The van der Waals surface area contributed by atoms with Crippen molar-refractivity contribution in [1.29, 1.82) is 0 Å². The van der Waals surface area contributed by atoms with Crippen molar-refractivity contribution in [3.63, 3.8) is 0 Å². The average Bonchev–Trinajstić information content (AvgIpc) is 3.66. The van der Waals surface area contributed by atoms with Crippen LogP contribution in [-0.2, 0) is 0 Å². The SMILES string of the molecule is C/C(=C\c1nccnc1C)C1(C(C)(F)F)CC1.CCC(F)(F)F.CCCC.OCC1CCCCCN1. The molecule has 3 rings (SSSR count). The zero-order valence-corrected chi connectivity index (χ0v) is 22.8. The minimum atomic E-state index is -3.96. The molecule has 9 heteroatoms. The van der Waals surface area contributed by atoms with E-state index in [1.54, 1.807) is 25.4 Å². The second-order valence-corrected chi connectivity index (χ2v) is 9.48. The Labute approximate surface area is 214 Å². The fraction of sp³-hybridized carbons (Fsp3) is 0.778. The number of aliphatic hydroxyl groups is 1. The van der Waals surface area contributed by atoms with Gasteiger partial charge in [0, 0.05) is 31.8 Å². The predicted octanol–water partition coefficient (Wildman–Crippen LogP) is 7.90. The molecule has 2 heterocycles. The van der Waals surface area contributed by atoms with E-state index in [1.165, 1.54) is 32.1 Å². The average molecular weight is 524 g/mol. The largest absolute Gasteiger partial charge is 0.395 e. The van der Waals surface area contributed by atoms with E-state index in [4.69, 9.17) is 5.11 Å². The number of aliphatic hydroxyl groups excluding tert-OH is 1. The highest BCUT2D eigenvalue weighted by Crippen LogP contribution is 2.61. The Kier molecular flexibility index (Phi) is 16.2. The van der Waals surface area contributed by atoms with E-state index in [2.05, 4.69) is 29.1 Å². The first-order valence-electron chi connectivity index (χ1n) is 13.0. The second kappa shape index (κ2) is 17.0. The second-order valence-electron chi connectivity index (χ2n) is 9.48. The van der Waals surface area contributed by atoms with E-state index in [-0.39, 0.29) is 0 Å². The highest BCUT2D eigenvalue weighted by Gasteiger charge is 2.59. The summed E-state index contributed by atoms with van der Waals surface area (Å²) >= 11 is 0. The van der Waals surface area contributed by atoms with Gasteiger partial charge in [-0.05, 0) is 52.2 Å². The highest BCUT2D eigenvalue weighted by atomic mass is 19.4. The van der Waals surface area contributed by atoms with Gasteiger partial charge in [-0.25, -0.2) is 8.78 Å². The van der Waals surface area contributed by atoms with E-state index in [0.29, 0.717) is 36.8 Å². The molecule has 2 fully saturated rings. The zero-order valence-electron chi connectivity index (χ0n) is 22.8. The van der Waals surface area contributed by atoms with Gasteiger partial charge in [-0.3, -0.25) is 9.97 Å². The summed E-state index contributed by atoms with van der Waals surface area (Å²) in [6, 6.07) is 0.382. The third-order valence-electron chi connectivity index (χ3n) is 6.40. The smallest absolute Gasteiger partial charge is 0.388 e. The van der Waals surface area contributed by atoms with Crippen LogP contribution in [0.15, 0.2) is 18.0 Å². The Morgan fingerprint density at radius 1 is 1.06 bits per heavy atom. The van der Waals surface area contributed by atoms with Crippen molar-refractivity contribution in [3.05, 3.63) is 29.4 Å². The Morgan fingerprint density at radius 2 is 1.61 bits per heavy atom. The van der Waals surface area contributed by atoms with Gasteiger partial charge in [0.15, 0.2) is 0 Å². The fourth-order valence-electron chi connectivity index (χ4n) is 3.46. The van der Waals surface area contributed by atoms with Gasteiger partial charge in [0.1, 0.15) is 0 Å². The zero-order chi connectivity index (χ0) is 27.8. The van der Waals surface area contributed by atoms with Crippen LogP contribution in [0.3, 0.4) is 0 Å². The molecule has 4 nitrogen and oxygen atoms in total. The molecular weight excluding hydrogens is 477 g/mol. The molecule has 0 radical (unpaired) electrons. The Bertz CT molecular complexity index is 734. The quantitative estimate of drug-likeness (QED) is 0.385. The van der Waals surface area contributed by atoms with Crippen LogP contribution in [0.4, 0.5) is 22.0 Å². The van der Waals surface area contributed by atoms with E-state index in [1.807, 2.05) is 6.92 Å². The number of aryl methyl sites for hydroxylation is 1. The maximum Gasteiger partial charge on any atom is 0.388 e. The number of aromatic nitrogens is 2. The lowest BCUT2D eigenvalue weighted by molar-refractivity contribution is -0.130. The lowest BCUT2D eigenvalue weighted by Crippen LogP contribution is -2.31. The lowest BCUT2D eigenvalue weighted by Gasteiger charge is -2.23. The summed E-state index contributed by atoms with van der Waals surface area (Å²) < 4.78 is 59.4. The third-order valence-corrected chi connectivity index (χ3v) is 6.40. The standard InChI is InChI=1S/C13H16F2N2.C7H15NO.C4H10.C3H5F3/c1-9(13(4-5-13)12(3,14)15)8-11-10(2)16-6-7-17-11;9-6-7-4-2-1-3-5-8-7;1-3-4-2;1-2-3(4,5)6/h6-8H,4-5H2,1-3H3;7-9H,1-6H2;3-4H2,1-2H3;2H2,1H3/b9-8+;;;. The van der Waals surface area contributed by atoms with E-state index >= 15 is 0 Å². The summed E-state index contributed by atoms with van der Waals surface area (Å²) in [6.45, 7) is 11.4. The van der Waals surface area contributed by atoms with Gasteiger partial charge >= 0.3 is 6.18 Å². The molecule has 0 spiro atoms. The maximum absolute atomic E-state index is 13.5. The molecule has 1 aromatic rings. The van der Waals surface area contributed by atoms with Gasteiger partial charge in [-0.2, -0.15) is 13.2 Å². The number of unbranched alkanes of at least 4 members (excludes halogenated alkanes) is 1. The van der Waals surface area contributed by atoms with Gasteiger partial charge in [0.25, 0.3) is 5.92 Å². The van der Waals surface area contributed by atoms with Crippen LogP contribution >= 0.6 is 0 Å². The number of nitrogens with zero attached hydrogens (tertiary/aromatic N) is 2. The first-order valence-corrected chi connectivity index (χ1v) is 13.0. The van der Waals surface area contributed by atoms with Crippen molar-refractivity contribution in [2.24, 2.45) is 5.41 Å². The van der Waals surface area contributed by atoms with Crippen molar-refractivity contribution in [1.82, 2.24) is 15.3 Å². The minimum absolute atomic E-state index is 0.306. The number of halogens is 5. The number of allylic oxidation sites excluding steroid dienone is 1. The summed E-state index contributed by atoms with van der Waals surface area (Å²) in [7, 11) is 0. The van der Waals surface area contributed by atoms with Crippen LogP contribution in [-0.4, -0.2) is 46.4 Å². The van der Waals surface area contributed by atoms with Gasteiger partial charge in [0.2, 0.25) is 0 Å². The molecule has 1 aliphatic heterocycles. The predicted molar refractivity (Wildman–Crippen MR) is 137 cm³/mol. The van der Waals surface area contributed by atoms with E-state index < -0.39 is 23.9 Å². The molecule has 1 saturated heterocycles. The van der Waals surface area contributed by atoms with Crippen LogP contribution in [0.25, 0.3) is 6.08 Å². The minimum Gasteiger partial charge on any atom is -0.395 e. The summed E-state index contributed by atoms with van der Waals surface area (Å²) in [5.74, 6) is -2.66. The molecule has 1 saturated carbocycles. The number of rotatable bonds is 5. The molecule has 1 aliphatic carbocycles. The molecule has 0 bridgehead atoms. The van der Waals surface area contributed by atoms with Crippen LogP contribution in [0.1, 0.15) is 104 Å². The number of alkyl halides is 5. The molecule has 210 valence electrons. The number of hydrogen-bond donors (Lipinski definition) is 2. The summed E-state index contributed by atoms with van der Waals surface area (Å²) in [5.41, 5.74) is 1.20. The molecule has 0 amide bonds. The Hall–Kier alpha value is -1.61. The first kappa shape index (κ1) is 34.4. The molecule has 0 aromatic carbocycles. The molecular formula is C27H46F5N3O.